The van der Waals surface area contributed by atoms with Gasteiger partial charge in [0, 0.05) is 18.8 Å². The number of anilines is 1. The van der Waals surface area contributed by atoms with Crippen LogP contribution in [0.5, 0.6) is 0 Å². The average molecular weight is 455 g/mol. The van der Waals surface area contributed by atoms with Crippen LogP contribution in [0.1, 0.15) is 20.3 Å². The van der Waals surface area contributed by atoms with Crippen molar-refractivity contribution >= 4 is 32.5 Å². The molecule has 1 amide bonds. The van der Waals surface area contributed by atoms with Gasteiger partial charge in [-0.1, -0.05) is 26.0 Å². The number of aromatic nitrogens is 2. The molecule has 0 bridgehead atoms. The number of nitrogens with zero attached hydrogens (tertiary/aromatic N) is 3. The minimum absolute atomic E-state index is 0.194. The molecule has 32 heavy (non-hydrogen) atoms. The van der Waals surface area contributed by atoms with Gasteiger partial charge in [0.2, 0.25) is 15.9 Å². The van der Waals surface area contributed by atoms with Crippen LogP contribution in [0.25, 0.3) is 10.9 Å². The Kier molecular flexibility index (Phi) is 6.12. The Labute approximate surface area is 186 Å². The highest BCUT2D eigenvalue weighted by atomic mass is 32.2. The molecule has 8 nitrogen and oxygen atoms in total. The maximum Gasteiger partial charge on any atom is 0.261 e. The van der Waals surface area contributed by atoms with E-state index >= 15 is 0 Å². The van der Waals surface area contributed by atoms with Crippen LogP contribution in [0.15, 0.2) is 64.5 Å². The van der Waals surface area contributed by atoms with Crippen LogP contribution in [0, 0.1) is 11.8 Å². The summed E-state index contributed by atoms with van der Waals surface area (Å²) < 4.78 is 28.8. The Morgan fingerprint density at radius 3 is 2.41 bits per heavy atom. The van der Waals surface area contributed by atoms with Gasteiger partial charge in [0.25, 0.3) is 5.56 Å². The van der Waals surface area contributed by atoms with E-state index in [2.05, 4.69) is 24.1 Å². The number of amides is 1. The van der Waals surface area contributed by atoms with Crippen molar-refractivity contribution in [1.82, 2.24) is 13.9 Å². The fourth-order valence-corrected chi connectivity index (χ4v) is 5.91. The van der Waals surface area contributed by atoms with E-state index in [4.69, 9.17) is 0 Å². The first-order valence-electron chi connectivity index (χ1n) is 10.6. The Morgan fingerprint density at radius 2 is 1.72 bits per heavy atom. The van der Waals surface area contributed by atoms with Gasteiger partial charge in [0.05, 0.1) is 22.1 Å². The van der Waals surface area contributed by atoms with E-state index < -0.39 is 15.9 Å². The van der Waals surface area contributed by atoms with E-state index in [9.17, 15) is 18.0 Å². The van der Waals surface area contributed by atoms with Gasteiger partial charge in [-0.3, -0.25) is 14.2 Å². The fraction of sp³-hybridized carbons (Fsp3) is 0.348. The van der Waals surface area contributed by atoms with Gasteiger partial charge in [0.15, 0.2) is 0 Å². The molecule has 0 saturated carbocycles. The third-order valence-corrected chi connectivity index (χ3v) is 7.50. The number of carbonyl (C=O) groups is 1. The lowest BCUT2D eigenvalue weighted by Crippen LogP contribution is -2.42. The molecule has 1 aromatic heterocycles. The topological polar surface area (TPSA) is 101 Å². The van der Waals surface area contributed by atoms with Crippen molar-refractivity contribution in [3.8, 4) is 0 Å². The molecule has 2 atom stereocenters. The fourth-order valence-electron chi connectivity index (χ4n) is 4.24. The molecule has 1 aliphatic heterocycles. The molecule has 0 spiro atoms. The molecule has 2 aromatic carbocycles. The largest absolute Gasteiger partial charge is 0.325 e. The molecule has 3 aromatic rings. The number of hydrogen-bond acceptors (Lipinski definition) is 5. The predicted octanol–water partition coefficient (Wildman–Crippen LogP) is 2.70. The first-order chi connectivity index (χ1) is 15.2. The van der Waals surface area contributed by atoms with Gasteiger partial charge in [-0.15, -0.1) is 0 Å². The molecule has 1 saturated heterocycles. The summed E-state index contributed by atoms with van der Waals surface area (Å²) in [5.41, 5.74) is 0.733. The number of rotatable bonds is 5. The van der Waals surface area contributed by atoms with Crippen molar-refractivity contribution in [2.24, 2.45) is 11.8 Å². The van der Waals surface area contributed by atoms with Gasteiger partial charge in [-0.25, -0.2) is 13.4 Å². The number of benzene rings is 2. The molecular formula is C23H26N4O4S. The van der Waals surface area contributed by atoms with Gasteiger partial charge in [0.1, 0.15) is 6.54 Å². The lowest BCUT2D eigenvalue weighted by atomic mass is 9.94. The zero-order chi connectivity index (χ0) is 22.9. The van der Waals surface area contributed by atoms with Crippen molar-refractivity contribution in [1.29, 1.82) is 0 Å². The van der Waals surface area contributed by atoms with Crippen LogP contribution in [0.4, 0.5) is 5.69 Å². The molecule has 1 fully saturated rings. The summed E-state index contributed by atoms with van der Waals surface area (Å²) in [6, 6.07) is 13.1. The Balaban J connectivity index is 1.45. The first kappa shape index (κ1) is 22.2. The molecule has 0 unspecified atom stereocenters. The highest BCUT2D eigenvalue weighted by Crippen LogP contribution is 2.27. The maximum absolute atomic E-state index is 13.0. The molecule has 168 valence electrons. The maximum atomic E-state index is 13.0. The quantitative estimate of drug-likeness (QED) is 0.639. The van der Waals surface area contributed by atoms with E-state index in [1.165, 1.54) is 23.0 Å². The lowest BCUT2D eigenvalue weighted by Gasteiger charge is -2.34. The monoisotopic (exact) mass is 454 g/mol. The van der Waals surface area contributed by atoms with Crippen LogP contribution in [0.3, 0.4) is 0 Å². The Bertz CT molecular complexity index is 1290. The van der Waals surface area contributed by atoms with Crippen LogP contribution in [0.2, 0.25) is 0 Å². The summed E-state index contributed by atoms with van der Waals surface area (Å²) in [6.45, 7) is 4.96. The number of hydrogen-bond donors (Lipinski definition) is 1. The van der Waals surface area contributed by atoms with Gasteiger partial charge in [-0.2, -0.15) is 4.31 Å². The summed E-state index contributed by atoms with van der Waals surface area (Å²) in [7, 11) is -3.58. The van der Waals surface area contributed by atoms with Crippen molar-refractivity contribution in [2.45, 2.75) is 31.7 Å². The standard InChI is InChI=1S/C23H26N4O4S/c1-16-11-17(2)13-27(12-16)32(30,31)19-9-7-18(8-10-19)25-22(28)14-26-15-24-21-6-4-3-5-20(21)23(26)29/h3-10,15-17H,11-14H2,1-2H3,(H,25,28)/t16-,17-/m1/s1. The third kappa shape index (κ3) is 4.58. The molecule has 0 radical (unpaired) electrons. The normalized spacial score (nSPS) is 19.7. The van der Waals surface area contributed by atoms with E-state index in [1.54, 1.807) is 40.7 Å². The minimum atomic E-state index is -3.58. The second-order valence-corrected chi connectivity index (χ2v) is 10.5. The van der Waals surface area contributed by atoms with Crippen molar-refractivity contribution in [3.63, 3.8) is 0 Å². The molecule has 0 aliphatic carbocycles. The highest BCUT2D eigenvalue weighted by molar-refractivity contribution is 7.89. The lowest BCUT2D eigenvalue weighted by molar-refractivity contribution is -0.116. The summed E-state index contributed by atoms with van der Waals surface area (Å²) in [5, 5.41) is 3.15. The van der Waals surface area contributed by atoms with E-state index in [1.807, 2.05) is 0 Å². The number of carbonyl (C=O) groups excluding carboxylic acids is 1. The number of fused-ring (bicyclic) bond motifs is 1. The van der Waals surface area contributed by atoms with E-state index in [0.29, 0.717) is 41.5 Å². The molecule has 1 N–H and O–H groups in total. The number of piperidine rings is 1. The van der Waals surface area contributed by atoms with E-state index in [0.717, 1.165) is 6.42 Å². The summed E-state index contributed by atoms with van der Waals surface area (Å²) in [6.07, 6.45) is 2.37. The second kappa shape index (κ2) is 8.84. The molecular weight excluding hydrogens is 428 g/mol. The van der Waals surface area contributed by atoms with Crippen LogP contribution in [-0.2, 0) is 21.4 Å². The van der Waals surface area contributed by atoms with Gasteiger partial charge in [-0.05, 0) is 54.7 Å². The molecule has 1 aliphatic rings. The van der Waals surface area contributed by atoms with Crippen molar-refractivity contribution in [3.05, 3.63) is 65.2 Å². The average Bonchev–Trinajstić information content (AvgIpc) is 2.75. The van der Waals surface area contributed by atoms with Crippen LogP contribution >= 0.6 is 0 Å². The number of sulfonamides is 1. The number of nitrogens with one attached hydrogen (secondary N) is 1. The van der Waals surface area contributed by atoms with Crippen LogP contribution in [-0.4, -0.2) is 41.3 Å². The zero-order valence-electron chi connectivity index (χ0n) is 18.1. The third-order valence-electron chi connectivity index (χ3n) is 5.66. The van der Waals surface area contributed by atoms with Crippen LogP contribution < -0.4 is 10.9 Å². The number of para-hydroxylation sites is 1. The second-order valence-electron chi connectivity index (χ2n) is 8.54. The zero-order valence-corrected chi connectivity index (χ0v) is 18.9. The summed E-state index contributed by atoms with van der Waals surface area (Å²) in [5.74, 6) is 0.235. The van der Waals surface area contributed by atoms with Gasteiger partial charge < -0.3 is 5.32 Å². The summed E-state index contributed by atoms with van der Waals surface area (Å²) >= 11 is 0. The van der Waals surface area contributed by atoms with Gasteiger partial charge >= 0.3 is 0 Å². The predicted molar refractivity (Wildman–Crippen MR) is 123 cm³/mol. The SMILES string of the molecule is C[C@@H]1C[C@@H](C)CN(S(=O)(=O)c2ccc(NC(=O)Cn3cnc4ccccc4c3=O)cc2)C1. The van der Waals surface area contributed by atoms with E-state index in [-0.39, 0.29) is 17.0 Å². The summed E-state index contributed by atoms with van der Waals surface area (Å²) in [4.78, 5) is 29.4. The smallest absolute Gasteiger partial charge is 0.261 e. The molecule has 4 rings (SSSR count). The molecule has 2 heterocycles. The Morgan fingerprint density at radius 1 is 1.06 bits per heavy atom. The molecule has 9 heteroatoms. The first-order valence-corrected chi connectivity index (χ1v) is 12.0. The minimum Gasteiger partial charge on any atom is -0.325 e. The van der Waals surface area contributed by atoms with Crippen molar-refractivity contribution in [2.75, 3.05) is 18.4 Å². The van der Waals surface area contributed by atoms with Crippen molar-refractivity contribution < 1.29 is 13.2 Å². The highest BCUT2D eigenvalue weighted by Gasteiger charge is 2.31. The Hall–Kier alpha value is -3.04.